The van der Waals surface area contributed by atoms with E-state index in [1.807, 2.05) is 62.3 Å². The number of likely N-dealkylation sites (tertiary alicyclic amines) is 4. The number of carbonyl (C=O) groups is 10. The fraction of sp³-hybridized carbons (Fsp3) is 0.774. The number of Topliss-reactive ketones (excluding diaryl/α,β-unsaturated/α-hetero) is 4. The summed E-state index contributed by atoms with van der Waals surface area (Å²) < 4.78 is 25.9. The summed E-state index contributed by atoms with van der Waals surface area (Å²) in [6.07, 6.45) is 5.37. The van der Waals surface area contributed by atoms with Gasteiger partial charge in [0.15, 0.2) is 11.6 Å². The summed E-state index contributed by atoms with van der Waals surface area (Å²) in [6, 6.07) is 0. The van der Waals surface area contributed by atoms with Gasteiger partial charge >= 0.3 is 30.3 Å². The summed E-state index contributed by atoms with van der Waals surface area (Å²) in [7, 11) is 0. The Balaban J connectivity index is -0.000000899. The molecule has 4 aliphatic heterocycles. The van der Waals surface area contributed by atoms with Gasteiger partial charge in [-0.1, -0.05) is 20.4 Å². The van der Waals surface area contributed by atoms with Crippen LogP contribution in [-0.4, -0.2) is 160 Å². The average molecular weight is 1260 g/mol. The molecule has 19 nitrogen and oxygen atoms in total. The summed E-state index contributed by atoms with van der Waals surface area (Å²) in [4.78, 5) is 122. The van der Waals surface area contributed by atoms with Crippen LogP contribution in [0.15, 0.2) is 11.6 Å². The summed E-state index contributed by atoms with van der Waals surface area (Å²) in [6.45, 7) is 29.0. The van der Waals surface area contributed by atoms with Gasteiger partial charge in [-0.25, -0.2) is 19.2 Å². The SMILES string of the molecule is C.C.CC(=O)C=C1CCN(C(=O)OC(C)(C)C)CC1.CC(C)(C)OC(=O)N1CCC(=O)CC1.CC(C)(C)OC(=O)N1CCC2(CC1)CC(=O)CC(=O)C2.CCOC(=O)C1CN(C(=O)OC(C)(C)C)CCC1=O.[V].[W]. The fourth-order valence-corrected chi connectivity index (χ4v) is 7.86. The number of hydrogen-bond acceptors (Lipinski definition) is 15. The summed E-state index contributed by atoms with van der Waals surface area (Å²) >= 11 is 0. The van der Waals surface area contributed by atoms with E-state index in [9.17, 15) is 47.9 Å². The van der Waals surface area contributed by atoms with Crippen LogP contribution in [-0.2, 0) is 92.1 Å². The first-order chi connectivity index (χ1) is 32.1. The first kappa shape index (κ1) is 74.2. The van der Waals surface area contributed by atoms with Crippen molar-refractivity contribution in [2.24, 2.45) is 11.3 Å². The largest absolute Gasteiger partial charge is 0.465 e. The molecule has 0 aromatic rings. The molecule has 5 aliphatic rings. The van der Waals surface area contributed by atoms with Crippen LogP contribution in [0.2, 0.25) is 0 Å². The quantitative estimate of drug-likeness (QED) is 0.111. The van der Waals surface area contributed by atoms with Crippen molar-refractivity contribution in [2.45, 2.75) is 198 Å². The van der Waals surface area contributed by atoms with Crippen molar-refractivity contribution in [3.63, 3.8) is 0 Å². The number of allylic oxidation sites excluding steroid dienone is 1. The minimum absolute atomic E-state index is 0. The van der Waals surface area contributed by atoms with Gasteiger partial charge in [0, 0.05) is 124 Å². The van der Waals surface area contributed by atoms with Crippen LogP contribution in [0.4, 0.5) is 19.2 Å². The van der Waals surface area contributed by atoms with Gasteiger partial charge in [0.1, 0.15) is 45.7 Å². The molecular formula is C53H90N4O15VW. The number of nitrogens with zero attached hydrogens (tertiary/aromatic N) is 4. The summed E-state index contributed by atoms with van der Waals surface area (Å²) in [5.74, 6) is -1.24. The number of amides is 4. The second kappa shape index (κ2) is 32.5. The molecule has 4 amide bonds. The Morgan fingerprint density at radius 2 is 0.878 bits per heavy atom. The van der Waals surface area contributed by atoms with E-state index in [1.54, 1.807) is 55.4 Å². The van der Waals surface area contributed by atoms with Gasteiger partial charge in [-0.2, -0.15) is 0 Å². The number of rotatable bonds is 3. The minimum Gasteiger partial charge on any atom is -0.465 e. The number of esters is 1. The smallest absolute Gasteiger partial charge is 0.410 e. The Kier molecular flexibility index (Phi) is 32.6. The van der Waals surface area contributed by atoms with Gasteiger partial charge in [0.2, 0.25) is 0 Å². The van der Waals surface area contributed by atoms with E-state index in [2.05, 4.69) is 0 Å². The van der Waals surface area contributed by atoms with Crippen LogP contribution in [0.3, 0.4) is 0 Å². The molecule has 1 radical (unpaired) electrons. The van der Waals surface area contributed by atoms with E-state index in [0.717, 1.165) is 18.4 Å². The van der Waals surface area contributed by atoms with E-state index in [0.29, 0.717) is 77.8 Å². The van der Waals surface area contributed by atoms with Gasteiger partial charge in [0.05, 0.1) is 13.0 Å². The monoisotopic (exact) mass is 1260 g/mol. The van der Waals surface area contributed by atoms with Crippen molar-refractivity contribution >= 4 is 59.3 Å². The maximum Gasteiger partial charge on any atom is 0.410 e. The molecule has 74 heavy (non-hydrogen) atoms. The maximum atomic E-state index is 12.0. The Bertz CT molecular complexity index is 1900. The molecule has 0 aromatic heterocycles. The molecule has 1 aliphatic carbocycles. The Hall–Kier alpha value is -4.09. The van der Waals surface area contributed by atoms with E-state index in [1.165, 1.54) is 4.90 Å². The fourth-order valence-electron chi connectivity index (χ4n) is 7.86. The van der Waals surface area contributed by atoms with E-state index >= 15 is 0 Å². The van der Waals surface area contributed by atoms with Gasteiger partial charge in [-0.3, -0.25) is 28.8 Å². The van der Waals surface area contributed by atoms with E-state index in [4.69, 9.17) is 23.7 Å². The van der Waals surface area contributed by atoms with E-state index in [-0.39, 0.29) is 140 Å². The topological polar surface area (TPSA) is 230 Å². The van der Waals surface area contributed by atoms with Crippen LogP contribution in [0, 0.1) is 11.3 Å². The van der Waals surface area contributed by atoms with Crippen LogP contribution in [0.1, 0.15) is 176 Å². The summed E-state index contributed by atoms with van der Waals surface area (Å²) in [5.41, 5.74) is -1.09. The molecule has 0 N–H and O–H groups in total. The zero-order valence-corrected chi connectivity index (χ0v) is 49.7. The first-order valence-corrected chi connectivity index (χ1v) is 24.5. The predicted octanol–water partition coefficient (Wildman–Crippen LogP) is 9.09. The molecule has 5 fully saturated rings. The molecule has 4 heterocycles. The third-order valence-corrected chi connectivity index (χ3v) is 11.1. The van der Waals surface area contributed by atoms with Gasteiger partial charge in [0.25, 0.3) is 0 Å². The first-order valence-electron chi connectivity index (χ1n) is 24.5. The van der Waals surface area contributed by atoms with Crippen LogP contribution >= 0.6 is 0 Å². The van der Waals surface area contributed by atoms with Crippen LogP contribution in [0.5, 0.6) is 0 Å². The number of hydrogen-bond donors (Lipinski definition) is 0. The zero-order chi connectivity index (χ0) is 53.4. The maximum absolute atomic E-state index is 12.0. The molecule has 1 spiro atoms. The Labute approximate surface area is 468 Å². The van der Waals surface area contributed by atoms with Crippen molar-refractivity contribution in [2.75, 3.05) is 59.0 Å². The average Bonchev–Trinajstić information content (AvgIpc) is 3.19. The van der Waals surface area contributed by atoms with Crippen molar-refractivity contribution in [3.05, 3.63) is 11.6 Å². The zero-order valence-electron chi connectivity index (χ0n) is 45.4. The molecule has 21 heteroatoms. The molecule has 5 rings (SSSR count). The summed E-state index contributed by atoms with van der Waals surface area (Å²) in [5, 5.41) is 0. The Morgan fingerprint density at radius 1 is 0.541 bits per heavy atom. The molecule has 4 saturated heterocycles. The second-order valence-electron chi connectivity index (χ2n) is 22.4. The molecule has 0 bridgehead atoms. The molecule has 1 unspecified atom stereocenters. The Morgan fingerprint density at radius 3 is 1.23 bits per heavy atom. The van der Waals surface area contributed by atoms with Crippen LogP contribution < -0.4 is 0 Å². The molecule has 0 aromatic carbocycles. The van der Waals surface area contributed by atoms with Crippen molar-refractivity contribution in [3.8, 4) is 0 Å². The standard InChI is InChI=1S/C15H23NO4.C13H21NO5.C13H21NO3.C10H17NO3.2CH4.V.W/c1-14(2,3)20-13(19)16-6-4-15(5-7-16)9-11(17)8-12(18)10-15;1-5-18-11(16)9-8-14(7-6-10(9)15)12(17)19-13(2,3)4;1-10(15)9-11-5-7-14(8-6-11)12(16)17-13(2,3)4;1-10(2,3)14-9(13)11-6-4-8(12)5-7-11;;;;/h4-10H2,1-3H3;9H,5-8H2,1-4H3;9H,5-8H2,1-4H3;4-7H2,1-3H3;2*1H4;;. The third-order valence-electron chi connectivity index (χ3n) is 11.1. The van der Waals surface area contributed by atoms with Gasteiger partial charge < -0.3 is 43.3 Å². The minimum atomic E-state index is -0.888. The molecule has 1 atom stereocenters. The predicted molar refractivity (Wildman–Crippen MR) is 272 cm³/mol. The van der Waals surface area contributed by atoms with Crippen molar-refractivity contribution < 1.29 is 111 Å². The van der Waals surface area contributed by atoms with Gasteiger partial charge in [-0.05, 0) is 134 Å². The second-order valence-corrected chi connectivity index (χ2v) is 22.4. The molecular weight excluding hydrogens is 1170 g/mol. The van der Waals surface area contributed by atoms with Crippen molar-refractivity contribution in [1.82, 2.24) is 19.6 Å². The normalized spacial score (nSPS) is 18.7. The van der Waals surface area contributed by atoms with Crippen molar-refractivity contribution in [1.29, 1.82) is 0 Å². The van der Waals surface area contributed by atoms with E-state index < -0.39 is 40.4 Å². The third kappa shape index (κ3) is 29.3. The number of ether oxygens (including phenoxy) is 5. The van der Waals surface area contributed by atoms with Gasteiger partial charge in [-0.15, -0.1) is 0 Å². The number of carbonyl (C=O) groups excluding carboxylic acids is 10. The molecule has 423 valence electrons. The number of ketones is 5. The van der Waals surface area contributed by atoms with Crippen LogP contribution in [0.25, 0.3) is 0 Å². The molecule has 1 saturated carbocycles. The number of piperidine rings is 4.